The number of aromatic nitrogens is 2. The van der Waals surface area contributed by atoms with Crippen molar-refractivity contribution >= 4 is 17.4 Å². The van der Waals surface area contributed by atoms with E-state index < -0.39 is 0 Å². The largest absolute Gasteiger partial charge is 0.365 e. The highest BCUT2D eigenvalue weighted by molar-refractivity contribution is 6.31. The van der Waals surface area contributed by atoms with Crippen LogP contribution in [0.4, 0.5) is 5.82 Å². The summed E-state index contributed by atoms with van der Waals surface area (Å²) in [6.45, 7) is 1.96. The van der Waals surface area contributed by atoms with Crippen molar-refractivity contribution in [2.45, 2.75) is 6.92 Å². The Balaban J connectivity index is 2.39. The fourth-order valence-electron chi connectivity index (χ4n) is 1.19. The van der Waals surface area contributed by atoms with Gasteiger partial charge in [-0.05, 0) is 6.92 Å². The molecule has 0 unspecified atom stereocenters. The van der Waals surface area contributed by atoms with Crippen LogP contribution in [0.25, 0.3) is 0 Å². The van der Waals surface area contributed by atoms with Crippen LogP contribution in [0.5, 0.6) is 0 Å². The van der Waals surface area contributed by atoms with E-state index in [9.17, 15) is 0 Å². The van der Waals surface area contributed by atoms with E-state index in [1.165, 1.54) is 0 Å². The maximum Gasteiger partial charge on any atom is 0.175 e. The summed E-state index contributed by atoms with van der Waals surface area (Å²) in [6.07, 6.45) is 8.70. The molecule has 1 N–H and O–H groups in total. The maximum atomic E-state index is 5.93. The van der Waals surface area contributed by atoms with Gasteiger partial charge in [0.25, 0.3) is 0 Å². The highest BCUT2D eigenvalue weighted by atomic mass is 35.5. The molecule has 2 heterocycles. The van der Waals surface area contributed by atoms with Crippen LogP contribution in [0.1, 0.15) is 6.92 Å². The third-order valence-electron chi connectivity index (χ3n) is 1.86. The van der Waals surface area contributed by atoms with E-state index in [2.05, 4.69) is 15.3 Å². The van der Waals surface area contributed by atoms with E-state index in [0.29, 0.717) is 11.0 Å². The lowest BCUT2D eigenvalue weighted by Crippen LogP contribution is -2.21. The summed E-state index contributed by atoms with van der Waals surface area (Å²) in [5.41, 5.74) is 1.01. The van der Waals surface area contributed by atoms with E-state index in [1.807, 2.05) is 24.2 Å². The summed E-state index contributed by atoms with van der Waals surface area (Å²) in [7, 11) is 0. The van der Waals surface area contributed by atoms with Crippen molar-refractivity contribution in [1.29, 1.82) is 0 Å². The normalized spacial score (nSPS) is 15.0. The van der Waals surface area contributed by atoms with Gasteiger partial charge in [-0.15, -0.1) is 0 Å². The quantitative estimate of drug-likeness (QED) is 0.765. The Labute approximate surface area is 86.9 Å². The van der Waals surface area contributed by atoms with Gasteiger partial charge in [0.05, 0.1) is 0 Å². The Hall–Kier alpha value is -1.55. The molecule has 0 saturated carbocycles. The lowest BCUT2D eigenvalue weighted by atomic mass is 10.4. The van der Waals surface area contributed by atoms with Gasteiger partial charge in [-0.25, -0.2) is 9.97 Å². The third-order valence-corrected chi connectivity index (χ3v) is 2.12. The molecule has 4 nitrogen and oxygen atoms in total. The third kappa shape index (κ3) is 1.56. The first-order valence-corrected chi connectivity index (χ1v) is 4.52. The lowest BCUT2D eigenvalue weighted by Gasteiger charge is -2.22. The standard InChI is InChI=1S/C9H9ClN4/c1-7-6-11-4-5-14(7)9-8(10)12-2-3-13-9/h2-6,11H,1H3. The number of halogens is 1. The Morgan fingerprint density at radius 2 is 2.14 bits per heavy atom. The molecule has 0 fully saturated rings. The minimum atomic E-state index is 0.395. The minimum absolute atomic E-state index is 0.395. The van der Waals surface area contributed by atoms with Gasteiger partial charge in [-0.2, -0.15) is 0 Å². The van der Waals surface area contributed by atoms with Crippen LogP contribution in [-0.2, 0) is 0 Å². The highest BCUT2D eigenvalue weighted by Gasteiger charge is 2.12. The zero-order chi connectivity index (χ0) is 9.97. The zero-order valence-corrected chi connectivity index (χ0v) is 8.36. The monoisotopic (exact) mass is 208 g/mol. The van der Waals surface area contributed by atoms with Crippen LogP contribution in [0.15, 0.2) is 36.7 Å². The molecular weight excluding hydrogens is 200 g/mol. The van der Waals surface area contributed by atoms with Crippen molar-refractivity contribution in [1.82, 2.24) is 15.3 Å². The number of anilines is 1. The molecular formula is C9H9ClN4. The second kappa shape index (κ2) is 3.67. The summed E-state index contributed by atoms with van der Waals surface area (Å²) >= 11 is 5.93. The number of allylic oxidation sites excluding steroid dienone is 1. The molecule has 0 spiro atoms. The van der Waals surface area contributed by atoms with Crippen molar-refractivity contribution in [3.63, 3.8) is 0 Å². The first-order chi connectivity index (χ1) is 6.79. The van der Waals surface area contributed by atoms with Gasteiger partial charge in [0.1, 0.15) is 0 Å². The molecule has 1 aliphatic heterocycles. The van der Waals surface area contributed by atoms with Crippen LogP contribution in [0, 0.1) is 0 Å². The van der Waals surface area contributed by atoms with E-state index in [1.54, 1.807) is 18.6 Å². The molecule has 1 aromatic rings. The summed E-state index contributed by atoms with van der Waals surface area (Å²) < 4.78 is 0. The SMILES string of the molecule is CC1=CNC=CN1c1nccnc1Cl. The molecule has 0 bridgehead atoms. The number of nitrogens with one attached hydrogen (secondary N) is 1. The van der Waals surface area contributed by atoms with Gasteiger partial charge in [-0.3, -0.25) is 0 Å². The molecule has 1 aromatic heterocycles. The molecule has 72 valence electrons. The zero-order valence-electron chi connectivity index (χ0n) is 7.61. The number of hydrogen-bond acceptors (Lipinski definition) is 4. The lowest BCUT2D eigenvalue weighted by molar-refractivity contribution is 0.985. The molecule has 5 heteroatoms. The molecule has 1 aliphatic rings. The molecule has 0 radical (unpaired) electrons. The van der Waals surface area contributed by atoms with Crippen LogP contribution in [0.2, 0.25) is 5.15 Å². The fourth-order valence-corrected chi connectivity index (χ4v) is 1.38. The van der Waals surface area contributed by atoms with Crippen LogP contribution >= 0.6 is 11.6 Å². The predicted molar refractivity (Wildman–Crippen MR) is 55.6 cm³/mol. The Kier molecular flexibility index (Phi) is 2.37. The minimum Gasteiger partial charge on any atom is -0.365 e. The highest BCUT2D eigenvalue weighted by Crippen LogP contribution is 2.24. The van der Waals surface area contributed by atoms with Crippen molar-refractivity contribution in [2.24, 2.45) is 0 Å². The first kappa shape index (κ1) is 9.02. The molecule has 0 aromatic carbocycles. The summed E-state index contributed by atoms with van der Waals surface area (Å²) in [6, 6.07) is 0. The maximum absolute atomic E-state index is 5.93. The first-order valence-electron chi connectivity index (χ1n) is 4.14. The number of rotatable bonds is 1. The molecule has 0 aliphatic carbocycles. The van der Waals surface area contributed by atoms with Crippen LogP contribution in [0.3, 0.4) is 0 Å². The second-order valence-corrected chi connectivity index (χ2v) is 3.17. The van der Waals surface area contributed by atoms with Gasteiger partial charge < -0.3 is 10.2 Å². The Bertz CT molecular complexity index is 400. The average Bonchev–Trinajstić information content (AvgIpc) is 2.20. The van der Waals surface area contributed by atoms with E-state index in [0.717, 1.165) is 5.70 Å². The molecule has 2 rings (SSSR count). The molecule has 14 heavy (non-hydrogen) atoms. The van der Waals surface area contributed by atoms with Crippen LogP contribution < -0.4 is 10.2 Å². The summed E-state index contributed by atoms with van der Waals surface area (Å²) in [4.78, 5) is 10.00. The van der Waals surface area contributed by atoms with Gasteiger partial charge in [0.15, 0.2) is 11.0 Å². The van der Waals surface area contributed by atoms with Gasteiger partial charge in [-0.1, -0.05) is 11.6 Å². The van der Waals surface area contributed by atoms with Gasteiger partial charge in [0, 0.05) is 36.7 Å². The topological polar surface area (TPSA) is 41.0 Å². The van der Waals surface area contributed by atoms with Crippen LogP contribution in [-0.4, -0.2) is 9.97 Å². The van der Waals surface area contributed by atoms with E-state index in [4.69, 9.17) is 11.6 Å². The van der Waals surface area contributed by atoms with E-state index in [-0.39, 0.29) is 0 Å². The van der Waals surface area contributed by atoms with Crippen molar-refractivity contribution < 1.29 is 0 Å². The van der Waals surface area contributed by atoms with Crippen molar-refractivity contribution in [2.75, 3.05) is 4.90 Å². The molecule has 0 atom stereocenters. The number of nitrogens with zero attached hydrogens (tertiary/aromatic N) is 3. The van der Waals surface area contributed by atoms with Crippen molar-refractivity contribution in [3.8, 4) is 0 Å². The Morgan fingerprint density at radius 1 is 1.36 bits per heavy atom. The average molecular weight is 209 g/mol. The summed E-state index contributed by atoms with van der Waals surface area (Å²) in [5.74, 6) is 0.640. The smallest absolute Gasteiger partial charge is 0.175 e. The van der Waals surface area contributed by atoms with Crippen molar-refractivity contribution in [3.05, 3.63) is 41.8 Å². The second-order valence-electron chi connectivity index (χ2n) is 2.81. The molecule has 0 amide bonds. The van der Waals surface area contributed by atoms with Gasteiger partial charge >= 0.3 is 0 Å². The Morgan fingerprint density at radius 3 is 2.86 bits per heavy atom. The fraction of sp³-hybridized carbons (Fsp3) is 0.111. The van der Waals surface area contributed by atoms with E-state index >= 15 is 0 Å². The summed E-state index contributed by atoms with van der Waals surface area (Å²) in [5, 5.41) is 3.37. The number of hydrogen-bond donors (Lipinski definition) is 1. The molecule has 0 saturated heterocycles. The predicted octanol–water partition coefficient (Wildman–Crippen LogP) is 1.87. The van der Waals surface area contributed by atoms with Gasteiger partial charge in [0.2, 0.25) is 0 Å².